The van der Waals surface area contributed by atoms with Crippen LogP contribution in [0.25, 0.3) is 0 Å². The van der Waals surface area contributed by atoms with E-state index in [9.17, 15) is 19.5 Å². The lowest BCUT2D eigenvalue weighted by Gasteiger charge is -2.25. The van der Waals surface area contributed by atoms with Gasteiger partial charge in [0.1, 0.15) is 13.2 Å². The van der Waals surface area contributed by atoms with Crippen molar-refractivity contribution in [2.75, 3.05) is 47.5 Å². The van der Waals surface area contributed by atoms with E-state index in [1.807, 2.05) is 21.1 Å². The van der Waals surface area contributed by atoms with Crippen LogP contribution in [0, 0.1) is 0 Å². The number of allylic oxidation sites excluding steroid dienone is 2. The van der Waals surface area contributed by atoms with Gasteiger partial charge >= 0.3 is 17.9 Å². The van der Waals surface area contributed by atoms with E-state index in [4.69, 9.17) is 18.9 Å². The second-order valence-corrected chi connectivity index (χ2v) is 18.8. The predicted molar refractivity (Wildman–Crippen MR) is 254 cm³/mol. The highest BCUT2D eigenvalue weighted by atomic mass is 16.7. The lowest BCUT2D eigenvalue weighted by atomic mass is 10.0. The van der Waals surface area contributed by atoms with Gasteiger partial charge < -0.3 is 28.5 Å². The van der Waals surface area contributed by atoms with Gasteiger partial charge in [-0.15, -0.1) is 0 Å². The van der Waals surface area contributed by atoms with Crippen molar-refractivity contribution in [2.24, 2.45) is 0 Å². The Bertz CT molecular complexity index is 1010. The Hall–Kier alpha value is -1.97. The Morgan fingerprint density at radius 3 is 1.23 bits per heavy atom. The number of rotatable bonds is 48. The molecular weight excluding hydrogens is 767 g/mol. The fourth-order valence-electron chi connectivity index (χ4n) is 7.48. The number of carbonyl (C=O) groups is 3. The Balaban J connectivity index is 4.22. The second-order valence-electron chi connectivity index (χ2n) is 18.8. The van der Waals surface area contributed by atoms with E-state index < -0.39 is 24.3 Å². The van der Waals surface area contributed by atoms with Crippen LogP contribution in [-0.2, 0) is 33.3 Å². The summed E-state index contributed by atoms with van der Waals surface area (Å²) in [5.74, 6) is -2.00. The van der Waals surface area contributed by atoms with Gasteiger partial charge in [-0.2, -0.15) is 0 Å². The molecule has 0 radical (unpaired) electrons. The summed E-state index contributed by atoms with van der Waals surface area (Å²) in [5.41, 5.74) is 0. The molecule has 0 amide bonds. The van der Waals surface area contributed by atoms with Crippen LogP contribution < -0.4 is 0 Å². The van der Waals surface area contributed by atoms with Crippen molar-refractivity contribution in [1.82, 2.24) is 0 Å². The van der Waals surface area contributed by atoms with E-state index in [1.165, 1.54) is 161 Å². The molecule has 0 fully saturated rings. The molecule has 61 heavy (non-hydrogen) atoms. The third kappa shape index (κ3) is 45.9. The number of esters is 2. The average Bonchev–Trinajstić information content (AvgIpc) is 3.22. The highest BCUT2D eigenvalue weighted by molar-refractivity contribution is 5.71. The number of hydrogen-bond donors (Lipinski definition) is 1. The number of unbranched alkanes of at least 4 members (excludes halogenated alkanes) is 31. The van der Waals surface area contributed by atoms with Gasteiger partial charge in [-0.3, -0.25) is 9.59 Å². The zero-order chi connectivity index (χ0) is 44.9. The SMILES string of the molecule is CCCCCC/C=C\CCCCCCCC(=O)OC(COC(=O)CCCCCCCCCCCCCCCCCCCCCCCCC)COC(OCC[N+](C)(C)C)C(=O)O. The largest absolute Gasteiger partial charge is 0.477 e. The molecule has 0 bridgehead atoms. The number of carboxylic acid groups (broad SMARTS) is 1. The average molecular weight is 867 g/mol. The van der Waals surface area contributed by atoms with E-state index in [-0.39, 0.29) is 32.2 Å². The molecule has 0 aliphatic heterocycles. The molecule has 0 heterocycles. The van der Waals surface area contributed by atoms with Gasteiger partial charge in [0.15, 0.2) is 6.10 Å². The molecule has 2 atom stereocenters. The lowest BCUT2D eigenvalue weighted by molar-refractivity contribution is -0.870. The molecule has 0 rings (SSSR count). The van der Waals surface area contributed by atoms with Gasteiger partial charge in [-0.25, -0.2) is 4.79 Å². The highest BCUT2D eigenvalue weighted by Crippen LogP contribution is 2.17. The van der Waals surface area contributed by atoms with Gasteiger partial charge in [-0.05, 0) is 38.5 Å². The van der Waals surface area contributed by atoms with Crippen LogP contribution in [0.15, 0.2) is 12.2 Å². The molecular formula is C52H100NO8+. The lowest BCUT2D eigenvalue weighted by Crippen LogP contribution is -2.40. The molecule has 2 unspecified atom stereocenters. The highest BCUT2D eigenvalue weighted by Gasteiger charge is 2.25. The first-order valence-corrected chi connectivity index (χ1v) is 25.9. The number of carbonyl (C=O) groups excluding carboxylic acids is 2. The molecule has 0 aromatic heterocycles. The van der Waals surface area contributed by atoms with E-state index in [0.29, 0.717) is 23.9 Å². The standard InChI is InChI=1S/C52H99NO8/c1-6-8-10-12-14-16-18-20-21-22-23-24-25-26-27-28-29-31-32-34-36-38-40-42-49(54)59-46-48(47-60-52(51(56)57)58-45-44-53(3,4)5)61-50(55)43-41-39-37-35-33-30-19-17-15-13-11-9-7-2/h17,19,48,52H,6-16,18,20-47H2,1-5H3/p+1/b19-17-. The minimum Gasteiger partial charge on any atom is -0.477 e. The summed E-state index contributed by atoms with van der Waals surface area (Å²) < 4.78 is 22.8. The zero-order valence-electron chi connectivity index (χ0n) is 40.8. The molecule has 1 N–H and O–H groups in total. The molecule has 9 nitrogen and oxygen atoms in total. The van der Waals surface area contributed by atoms with Crippen LogP contribution in [-0.4, -0.2) is 87.4 Å². The molecule has 9 heteroatoms. The molecule has 0 aliphatic rings. The molecule has 0 saturated heterocycles. The Morgan fingerprint density at radius 1 is 0.475 bits per heavy atom. The van der Waals surface area contributed by atoms with E-state index in [0.717, 1.165) is 51.4 Å². The third-order valence-electron chi connectivity index (χ3n) is 11.5. The molecule has 360 valence electrons. The van der Waals surface area contributed by atoms with Gasteiger partial charge in [0.05, 0.1) is 34.4 Å². The maximum Gasteiger partial charge on any atom is 0.361 e. The second kappa shape index (κ2) is 44.6. The van der Waals surface area contributed by atoms with Crippen LogP contribution in [0.3, 0.4) is 0 Å². The molecule has 0 aromatic rings. The first-order chi connectivity index (χ1) is 29.6. The maximum absolute atomic E-state index is 12.8. The number of ether oxygens (including phenoxy) is 4. The minimum atomic E-state index is -1.51. The summed E-state index contributed by atoms with van der Waals surface area (Å²) in [6, 6.07) is 0. The maximum atomic E-state index is 12.8. The van der Waals surface area contributed by atoms with Crippen molar-refractivity contribution < 1.29 is 42.9 Å². The van der Waals surface area contributed by atoms with Gasteiger partial charge in [0, 0.05) is 12.8 Å². The van der Waals surface area contributed by atoms with Crippen LogP contribution >= 0.6 is 0 Å². The monoisotopic (exact) mass is 867 g/mol. The predicted octanol–water partition coefficient (Wildman–Crippen LogP) is 14.2. The zero-order valence-corrected chi connectivity index (χ0v) is 40.8. The summed E-state index contributed by atoms with van der Waals surface area (Å²) in [5, 5.41) is 9.65. The fraction of sp³-hybridized carbons (Fsp3) is 0.904. The van der Waals surface area contributed by atoms with Gasteiger partial charge in [-0.1, -0.05) is 206 Å². The smallest absolute Gasteiger partial charge is 0.361 e. The van der Waals surface area contributed by atoms with Crippen LogP contribution in [0.2, 0.25) is 0 Å². The first kappa shape index (κ1) is 59.0. The van der Waals surface area contributed by atoms with Crippen molar-refractivity contribution in [2.45, 2.75) is 257 Å². The Kier molecular flexibility index (Phi) is 43.2. The topological polar surface area (TPSA) is 108 Å². The van der Waals surface area contributed by atoms with Crippen molar-refractivity contribution in [3.8, 4) is 0 Å². The number of likely N-dealkylation sites (N-methyl/N-ethyl adjacent to an activating group) is 1. The minimum absolute atomic E-state index is 0.179. The quantitative estimate of drug-likeness (QED) is 0.0212. The number of aliphatic carboxylic acids is 1. The van der Waals surface area contributed by atoms with Crippen molar-refractivity contribution in [3.05, 3.63) is 12.2 Å². The third-order valence-corrected chi connectivity index (χ3v) is 11.5. The summed E-state index contributed by atoms with van der Waals surface area (Å²) in [4.78, 5) is 37.2. The summed E-state index contributed by atoms with van der Waals surface area (Å²) in [6.07, 6.45) is 45.7. The summed E-state index contributed by atoms with van der Waals surface area (Å²) in [6.45, 7) is 4.88. The normalized spacial score (nSPS) is 12.9. The van der Waals surface area contributed by atoms with Gasteiger partial charge in [0.25, 0.3) is 6.29 Å². The van der Waals surface area contributed by atoms with E-state index in [2.05, 4.69) is 26.0 Å². The van der Waals surface area contributed by atoms with Gasteiger partial charge in [0.2, 0.25) is 0 Å². The van der Waals surface area contributed by atoms with Crippen LogP contribution in [0.1, 0.15) is 245 Å². The van der Waals surface area contributed by atoms with E-state index in [1.54, 1.807) is 0 Å². The summed E-state index contributed by atoms with van der Waals surface area (Å²) >= 11 is 0. The number of nitrogens with zero attached hydrogens (tertiary/aromatic N) is 1. The van der Waals surface area contributed by atoms with E-state index >= 15 is 0 Å². The molecule has 0 spiro atoms. The number of hydrogen-bond acceptors (Lipinski definition) is 7. The number of carboxylic acids is 1. The Labute approximate surface area is 376 Å². The van der Waals surface area contributed by atoms with Crippen molar-refractivity contribution in [3.63, 3.8) is 0 Å². The summed E-state index contributed by atoms with van der Waals surface area (Å²) in [7, 11) is 5.96. The molecule has 0 aromatic carbocycles. The number of quaternary nitrogens is 1. The van der Waals surface area contributed by atoms with Crippen molar-refractivity contribution in [1.29, 1.82) is 0 Å². The fourth-order valence-corrected chi connectivity index (χ4v) is 7.48. The van der Waals surface area contributed by atoms with Crippen LogP contribution in [0.5, 0.6) is 0 Å². The van der Waals surface area contributed by atoms with Crippen LogP contribution in [0.4, 0.5) is 0 Å². The molecule has 0 aliphatic carbocycles. The van der Waals surface area contributed by atoms with Crippen molar-refractivity contribution >= 4 is 17.9 Å². The first-order valence-electron chi connectivity index (χ1n) is 25.9. The molecule has 0 saturated carbocycles. The Morgan fingerprint density at radius 2 is 0.836 bits per heavy atom.